The summed E-state index contributed by atoms with van der Waals surface area (Å²) in [4.78, 5) is 35.1. The van der Waals surface area contributed by atoms with Gasteiger partial charge < -0.3 is 10.0 Å². The summed E-state index contributed by atoms with van der Waals surface area (Å²) >= 11 is 0.894. The lowest BCUT2D eigenvalue weighted by molar-refractivity contribution is -0.380. The van der Waals surface area contributed by atoms with Gasteiger partial charge in [0.2, 0.25) is 0 Å². The lowest BCUT2D eigenvalue weighted by Gasteiger charge is -2.22. The molecule has 1 fully saturated rings. The van der Waals surface area contributed by atoms with E-state index in [1.165, 1.54) is 16.3 Å². The third-order valence-corrected chi connectivity index (χ3v) is 4.66. The number of carbonyl (C=O) groups is 2. The molecule has 1 amide bonds. The molecule has 0 saturated carbocycles. The van der Waals surface area contributed by atoms with Gasteiger partial charge in [0.05, 0.1) is 15.9 Å². The summed E-state index contributed by atoms with van der Waals surface area (Å²) in [5.74, 6) is -1.24. The molecule has 1 aromatic heterocycles. The molecule has 1 N–H and O–H groups in total. The first kappa shape index (κ1) is 14.4. The molecule has 2 rings (SSSR count). The van der Waals surface area contributed by atoms with Gasteiger partial charge in [-0.15, -0.1) is 0 Å². The molecule has 1 aliphatic heterocycles. The van der Waals surface area contributed by atoms with E-state index in [2.05, 4.69) is 0 Å². The van der Waals surface area contributed by atoms with Crippen LogP contribution in [0.2, 0.25) is 0 Å². The molecule has 0 bridgehead atoms. The Morgan fingerprint density at radius 2 is 2.30 bits per heavy atom. The molecule has 7 nitrogen and oxygen atoms in total. The van der Waals surface area contributed by atoms with E-state index in [1.54, 1.807) is 6.92 Å². The molecule has 1 unspecified atom stereocenters. The summed E-state index contributed by atoms with van der Waals surface area (Å²) < 4.78 is 0. The normalized spacial score (nSPS) is 21.9. The number of nitrogens with zero attached hydrogens (tertiary/aromatic N) is 2. The predicted molar refractivity (Wildman–Crippen MR) is 71.9 cm³/mol. The highest BCUT2D eigenvalue weighted by Gasteiger charge is 2.45. The van der Waals surface area contributed by atoms with Gasteiger partial charge in [0, 0.05) is 24.5 Å². The highest BCUT2D eigenvalue weighted by atomic mass is 32.1. The number of rotatable bonds is 4. The Bertz CT molecular complexity index is 570. The average molecular weight is 298 g/mol. The fourth-order valence-corrected chi connectivity index (χ4v) is 3.07. The molecule has 108 valence electrons. The van der Waals surface area contributed by atoms with E-state index in [9.17, 15) is 24.8 Å². The van der Waals surface area contributed by atoms with Crippen LogP contribution in [0.15, 0.2) is 11.4 Å². The molecule has 20 heavy (non-hydrogen) atoms. The fraction of sp³-hybridized carbons (Fsp3) is 0.500. The van der Waals surface area contributed by atoms with E-state index in [-0.39, 0.29) is 23.0 Å². The number of nitro groups is 1. The third-order valence-electron chi connectivity index (χ3n) is 3.78. The maximum absolute atomic E-state index is 12.2. The number of carbonyl (C=O) groups excluding carboxylic acids is 1. The second kappa shape index (κ2) is 5.20. The molecular formula is C12H14N2O5S. The van der Waals surface area contributed by atoms with E-state index in [0.717, 1.165) is 11.3 Å². The molecular weight excluding hydrogens is 284 g/mol. The summed E-state index contributed by atoms with van der Waals surface area (Å²) in [6.07, 6.45) is 0.868. The average Bonchev–Trinajstić information content (AvgIpc) is 3.05. The van der Waals surface area contributed by atoms with Crippen LogP contribution in [0, 0.1) is 15.5 Å². The second-order valence-corrected chi connectivity index (χ2v) is 5.74. The van der Waals surface area contributed by atoms with Crippen LogP contribution in [-0.4, -0.2) is 39.9 Å². The minimum Gasteiger partial charge on any atom is -0.481 e. The first-order chi connectivity index (χ1) is 9.39. The van der Waals surface area contributed by atoms with Crippen LogP contribution in [-0.2, 0) is 4.79 Å². The van der Waals surface area contributed by atoms with Gasteiger partial charge in [-0.2, -0.15) is 0 Å². The van der Waals surface area contributed by atoms with Gasteiger partial charge in [-0.05, 0) is 12.8 Å². The van der Waals surface area contributed by atoms with Gasteiger partial charge in [-0.1, -0.05) is 18.3 Å². The van der Waals surface area contributed by atoms with Crippen LogP contribution in [0.3, 0.4) is 0 Å². The van der Waals surface area contributed by atoms with Crippen molar-refractivity contribution in [2.45, 2.75) is 19.8 Å². The van der Waals surface area contributed by atoms with E-state index in [0.29, 0.717) is 19.4 Å². The van der Waals surface area contributed by atoms with Crippen molar-refractivity contribution >= 4 is 28.2 Å². The van der Waals surface area contributed by atoms with Gasteiger partial charge in [0.15, 0.2) is 0 Å². The van der Waals surface area contributed by atoms with Crippen molar-refractivity contribution in [2.24, 2.45) is 5.41 Å². The lowest BCUT2D eigenvalue weighted by atomic mass is 9.84. The fourth-order valence-electron chi connectivity index (χ4n) is 2.38. The maximum Gasteiger partial charge on any atom is 0.324 e. The number of aliphatic carboxylic acids is 1. The van der Waals surface area contributed by atoms with E-state index in [4.69, 9.17) is 0 Å². The largest absolute Gasteiger partial charge is 0.481 e. The highest BCUT2D eigenvalue weighted by molar-refractivity contribution is 7.13. The number of hydrogen-bond donors (Lipinski definition) is 1. The summed E-state index contributed by atoms with van der Waals surface area (Å²) in [6.45, 7) is 2.31. The summed E-state index contributed by atoms with van der Waals surface area (Å²) in [6, 6.07) is 1.24. The quantitative estimate of drug-likeness (QED) is 0.676. The second-order valence-electron chi connectivity index (χ2n) is 4.85. The number of carboxylic acids is 1. The minimum absolute atomic E-state index is 0.0902. The van der Waals surface area contributed by atoms with Gasteiger partial charge in [0.1, 0.15) is 0 Å². The first-order valence-electron chi connectivity index (χ1n) is 6.15. The Hall–Kier alpha value is -1.96. The summed E-state index contributed by atoms with van der Waals surface area (Å²) in [5, 5.41) is 21.2. The molecule has 1 atom stereocenters. The number of hydrogen-bond acceptors (Lipinski definition) is 5. The van der Waals surface area contributed by atoms with Gasteiger partial charge in [-0.3, -0.25) is 19.7 Å². The monoisotopic (exact) mass is 298 g/mol. The van der Waals surface area contributed by atoms with Crippen molar-refractivity contribution in [1.29, 1.82) is 0 Å². The topological polar surface area (TPSA) is 101 Å². The highest BCUT2D eigenvalue weighted by Crippen LogP contribution is 2.35. The Labute approximate surface area is 119 Å². The van der Waals surface area contributed by atoms with E-state index >= 15 is 0 Å². The molecule has 0 radical (unpaired) electrons. The minimum atomic E-state index is -0.897. The molecule has 0 spiro atoms. The Kier molecular flexibility index (Phi) is 3.76. The number of amides is 1. The van der Waals surface area contributed by atoms with E-state index < -0.39 is 16.3 Å². The lowest BCUT2D eigenvalue weighted by Crippen LogP contribution is -2.36. The van der Waals surface area contributed by atoms with Crippen molar-refractivity contribution < 1.29 is 19.6 Å². The van der Waals surface area contributed by atoms with E-state index in [1.807, 2.05) is 0 Å². The van der Waals surface area contributed by atoms with Crippen LogP contribution in [0.1, 0.15) is 30.1 Å². The number of carboxylic acid groups (broad SMARTS) is 1. The summed E-state index contributed by atoms with van der Waals surface area (Å²) in [7, 11) is 0. The zero-order valence-electron chi connectivity index (χ0n) is 10.9. The Morgan fingerprint density at radius 1 is 1.60 bits per heavy atom. The molecule has 8 heteroatoms. The zero-order chi connectivity index (χ0) is 14.9. The SMILES string of the molecule is CCC1(C(=O)O)CCN(C(=O)c2csc([N+](=O)[O-])c2)C1. The zero-order valence-corrected chi connectivity index (χ0v) is 11.7. The Balaban J connectivity index is 2.15. The van der Waals surface area contributed by atoms with Gasteiger partial charge >= 0.3 is 11.0 Å². The third kappa shape index (κ3) is 2.38. The smallest absolute Gasteiger partial charge is 0.324 e. The van der Waals surface area contributed by atoms with Gasteiger partial charge in [-0.25, -0.2) is 0 Å². The number of thiophene rings is 1. The van der Waals surface area contributed by atoms with Crippen molar-refractivity contribution in [3.8, 4) is 0 Å². The predicted octanol–water partition coefficient (Wildman–Crippen LogP) is 1.98. The maximum atomic E-state index is 12.2. The van der Waals surface area contributed by atoms with Crippen molar-refractivity contribution in [1.82, 2.24) is 4.90 Å². The Morgan fingerprint density at radius 3 is 2.75 bits per heavy atom. The van der Waals surface area contributed by atoms with Crippen LogP contribution in [0.4, 0.5) is 5.00 Å². The molecule has 0 aromatic carbocycles. The van der Waals surface area contributed by atoms with Crippen LogP contribution >= 0.6 is 11.3 Å². The standard InChI is InChI=1S/C12H14N2O5S/c1-2-12(11(16)17)3-4-13(7-12)10(15)8-5-9(14(18)19)20-6-8/h5-6H,2-4,7H2,1H3,(H,16,17). The molecule has 2 heterocycles. The van der Waals surface area contributed by atoms with Crippen molar-refractivity contribution in [3.63, 3.8) is 0 Å². The van der Waals surface area contributed by atoms with Crippen LogP contribution in [0.25, 0.3) is 0 Å². The molecule has 1 aromatic rings. The first-order valence-corrected chi connectivity index (χ1v) is 7.03. The van der Waals surface area contributed by atoms with Gasteiger partial charge in [0.25, 0.3) is 5.91 Å². The summed E-state index contributed by atoms with van der Waals surface area (Å²) in [5.41, 5.74) is -0.642. The van der Waals surface area contributed by atoms with Crippen LogP contribution < -0.4 is 0 Å². The number of likely N-dealkylation sites (tertiary alicyclic amines) is 1. The molecule has 1 aliphatic rings. The van der Waals surface area contributed by atoms with Crippen molar-refractivity contribution in [2.75, 3.05) is 13.1 Å². The molecule has 0 aliphatic carbocycles. The van der Waals surface area contributed by atoms with Crippen molar-refractivity contribution in [3.05, 3.63) is 27.1 Å². The van der Waals surface area contributed by atoms with Crippen LogP contribution in [0.5, 0.6) is 0 Å². The molecule has 1 saturated heterocycles.